The average molecular weight is 493 g/mol. The van der Waals surface area contributed by atoms with E-state index in [0.717, 1.165) is 55.5 Å². The van der Waals surface area contributed by atoms with Crippen molar-refractivity contribution in [1.82, 2.24) is 10.6 Å². The third-order valence-corrected chi connectivity index (χ3v) is 6.01. The zero-order chi connectivity index (χ0) is 27.6. The first kappa shape index (κ1) is 33.2. The molecule has 2 nitrogen and oxygen atoms in total. The van der Waals surface area contributed by atoms with Crippen LogP contribution in [0.2, 0.25) is 0 Å². The Kier molecular flexibility index (Phi) is 17.0. The molecule has 2 rings (SSSR count). The van der Waals surface area contributed by atoms with Crippen molar-refractivity contribution < 1.29 is 4.39 Å². The molecule has 0 amide bonds. The molecule has 2 aromatic carbocycles. The number of halogens is 1. The molecule has 0 radical (unpaired) electrons. The van der Waals surface area contributed by atoms with E-state index >= 15 is 0 Å². The molecule has 0 heterocycles. The van der Waals surface area contributed by atoms with Crippen LogP contribution in [0.5, 0.6) is 0 Å². The van der Waals surface area contributed by atoms with Crippen LogP contribution in [0.25, 0.3) is 5.57 Å². The minimum absolute atomic E-state index is 0.217. The highest BCUT2D eigenvalue weighted by atomic mass is 19.1. The highest BCUT2D eigenvalue weighted by molar-refractivity contribution is 5.65. The number of nitrogens with one attached hydrogen (secondary N) is 2. The Balaban J connectivity index is 0.000000637. The zero-order valence-corrected chi connectivity index (χ0v) is 24.1. The molecule has 0 aliphatic rings. The maximum absolute atomic E-state index is 13.0. The molecular weight excluding hydrogens is 443 g/mol. The quantitative estimate of drug-likeness (QED) is 0.325. The fraction of sp³-hybridized carbons (Fsp3) is 0.455. The smallest absolute Gasteiger partial charge is 0.123 e. The third kappa shape index (κ3) is 10.0. The Bertz CT molecular complexity index is 979. The first-order chi connectivity index (χ1) is 17.3. The maximum atomic E-state index is 13.0. The normalized spacial score (nSPS) is 11.4. The maximum Gasteiger partial charge on any atom is 0.123 e. The number of rotatable bonds is 10. The van der Waals surface area contributed by atoms with Crippen LogP contribution in [0, 0.1) is 17.7 Å². The third-order valence-electron chi connectivity index (χ3n) is 6.01. The molecular formula is C33H49FN2. The summed E-state index contributed by atoms with van der Waals surface area (Å²) in [7, 11) is 1.85. The van der Waals surface area contributed by atoms with E-state index in [0.29, 0.717) is 0 Å². The Labute approximate surface area is 221 Å². The van der Waals surface area contributed by atoms with Crippen LogP contribution in [0.3, 0.4) is 0 Å². The van der Waals surface area contributed by atoms with E-state index in [9.17, 15) is 4.39 Å². The molecule has 2 N–H and O–H groups in total. The Morgan fingerprint density at radius 3 is 2.08 bits per heavy atom. The first-order valence-corrected chi connectivity index (χ1v) is 13.4. The van der Waals surface area contributed by atoms with Gasteiger partial charge < -0.3 is 10.6 Å². The van der Waals surface area contributed by atoms with Crippen molar-refractivity contribution in [2.24, 2.45) is 0 Å². The van der Waals surface area contributed by atoms with Crippen LogP contribution in [0.1, 0.15) is 90.0 Å². The van der Waals surface area contributed by atoms with Crippen LogP contribution in [-0.4, -0.2) is 13.6 Å². The summed E-state index contributed by atoms with van der Waals surface area (Å²) in [5.74, 6) is 6.09. The lowest BCUT2D eigenvalue weighted by atomic mass is 9.84. The van der Waals surface area contributed by atoms with Crippen molar-refractivity contribution in [3.63, 3.8) is 0 Å². The van der Waals surface area contributed by atoms with Crippen molar-refractivity contribution in [2.45, 2.75) is 86.1 Å². The predicted molar refractivity (Wildman–Crippen MR) is 159 cm³/mol. The fourth-order valence-corrected chi connectivity index (χ4v) is 4.11. The number of benzene rings is 2. The molecule has 0 unspecified atom stereocenters. The molecule has 0 aromatic heterocycles. The zero-order valence-electron chi connectivity index (χ0n) is 24.1. The van der Waals surface area contributed by atoms with Gasteiger partial charge in [-0.15, -0.1) is 11.8 Å². The van der Waals surface area contributed by atoms with Crippen molar-refractivity contribution in [3.05, 3.63) is 89.4 Å². The van der Waals surface area contributed by atoms with E-state index in [1.807, 2.05) is 33.0 Å². The van der Waals surface area contributed by atoms with Crippen molar-refractivity contribution in [1.29, 1.82) is 0 Å². The fourth-order valence-electron chi connectivity index (χ4n) is 4.11. The van der Waals surface area contributed by atoms with Crippen molar-refractivity contribution in [3.8, 4) is 11.8 Å². The summed E-state index contributed by atoms with van der Waals surface area (Å²) in [6.07, 6.45) is 4.89. The van der Waals surface area contributed by atoms with Gasteiger partial charge in [0, 0.05) is 25.6 Å². The summed E-state index contributed by atoms with van der Waals surface area (Å²) < 4.78 is 13.0. The van der Waals surface area contributed by atoms with E-state index in [2.05, 4.69) is 88.5 Å². The highest BCUT2D eigenvalue weighted by Gasteiger charge is 2.32. The molecule has 0 bridgehead atoms. The van der Waals surface area contributed by atoms with Gasteiger partial charge in [-0.2, -0.15) is 0 Å². The van der Waals surface area contributed by atoms with Gasteiger partial charge in [0.15, 0.2) is 0 Å². The standard InChI is InChI=1S/C17H22.C14H21FN2.C2H6/c1-5-7-8-9-10-15-11-12-17(14(3)4)16(6-2)13-15;1-5-14(17-6-2,11(3)16-4)12-7-9-13(15)10-8-12;1-2/h11-13H,3,5-6,9-10H2,1-2,4H3;7-10,16-17H,3,5-6H2,1-2,4H3;1-2H3/t;14-;/m.1./s1. The number of allylic oxidation sites excluding steroid dienone is 1. The van der Waals surface area contributed by atoms with Gasteiger partial charge in [-0.3, -0.25) is 0 Å². The van der Waals surface area contributed by atoms with Crippen molar-refractivity contribution in [2.75, 3.05) is 13.6 Å². The lowest BCUT2D eigenvalue weighted by Crippen LogP contribution is -2.46. The number of aryl methyl sites for hydroxylation is 2. The highest BCUT2D eigenvalue weighted by Crippen LogP contribution is 2.30. The second-order valence-electron chi connectivity index (χ2n) is 8.36. The Morgan fingerprint density at radius 2 is 1.61 bits per heavy atom. The summed E-state index contributed by atoms with van der Waals surface area (Å²) >= 11 is 0. The summed E-state index contributed by atoms with van der Waals surface area (Å²) in [5, 5.41) is 6.55. The molecule has 0 fully saturated rings. The van der Waals surface area contributed by atoms with Gasteiger partial charge in [-0.05, 0) is 67.1 Å². The molecule has 0 aliphatic carbocycles. The molecule has 3 heteroatoms. The topological polar surface area (TPSA) is 24.1 Å². The molecule has 2 aromatic rings. The van der Waals surface area contributed by atoms with Crippen LogP contribution >= 0.6 is 0 Å². The summed E-state index contributed by atoms with van der Waals surface area (Å²) in [4.78, 5) is 0. The van der Waals surface area contributed by atoms with E-state index < -0.39 is 0 Å². The van der Waals surface area contributed by atoms with Gasteiger partial charge in [0.05, 0.1) is 5.54 Å². The predicted octanol–water partition coefficient (Wildman–Crippen LogP) is 8.43. The molecule has 36 heavy (non-hydrogen) atoms. The second-order valence-corrected chi connectivity index (χ2v) is 8.36. The minimum atomic E-state index is -0.336. The van der Waals surface area contributed by atoms with Crippen molar-refractivity contribution >= 4 is 5.57 Å². The summed E-state index contributed by atoms with van der Waals surface area (Å²) in [6, 6.07) is 13.3. The second kappa shape index (κ2) is 18.4. The molecule has 0 aliphatic heterocycles. The van der Waals surface area contributed by atoms with E-state index in [1.54, 1.807) is 0 Å². The number of hydrogen-bond acceptors (Lipinski definition) is 2. The van der Waals surface area contributed by atoms with Gasteiger partial charge >= 0.3 is 0 Å². The Morgan fingerprint density at radius 1 is 0.972 bits per heavy atom. The summed E-state index contributed by atoms with van der Waals surface area (Å²) in [5.41, 5.74) is 6.83. The van der Waals surface area contributed by atoms with Crippen LogP contribution in [0.4, 0.5) is 4.39 Å². The first-order valence-electron chi connectivity index (χ1n) is 13.4. The molecule has 0 saturated heterocycles. The molecule has 0 spiro atoms. The van der Waals surface area contributed by atoms with E-state index in [4.69, 9.17) is 0 Å². The number of likely N-dealkylation sites (N-methyl/N-ethyl adjacent to an activating group) is 2. The molecule has 198 valence electrons. The average Bonchev–Trinajstić information content (AvgIpc) is 2.91. The van der Waals surface area contributed by atoms with Gasteiger partial charge in [0.2, 0.25) is 0 Å². The molecule has 1 atom stereocenters. The largest absolute Gasteiger partial charge is 0.390 e. The molecule has 0 saturated carbocycles. The van der Waals surface area contributed by atoms with Gasteiger partial charge in [0.25, 0.3) is 0 Å². The van der Waals surface area contributed by atoms with Gasteiger partial charge in [0.1, 0.15) is 5.82 Å². The van der Waals surface area contributed by atoms with Gasteiger partial charge in [-0.25, -0.2) is 4.39 Å². The minimum Gasteiger partial charge on any atom is -0.390 e. The van der Waals surface area contributed by atoms with Crippen LogP contribution in [-0.2, 0) is 18.4 Å². The summed E-state index contributed by atoms with van der Waals surface area (Å²) in [6.45, 7) is 23.4. The number of hydrogen-bond donors (Lipinski definition) is 2. The van der Waals surface area contributed by atoms with Crippen LogP contribution in [0.15, 0.2) is 61.3 Å². The Hall–Kier alpha value is -2.83. The lowest BCUT2D eigenvalue weighted by Gasteiger charge is -2.36. The van der Waals surface area contributed by atoms with Gasteiger partial charge in [-0.1, -0.05) is 90.6 Å². The van der Waals surface area contributed by atoms with Crippen LogP contribution < -0.4 is 10.6 Å². The van der Waals surface area contributed by atoms with E-state index in [-0.39, 0.29) is 11.4 Å². The SMILES string of the molecule is C=C(C)c1ccc(CCC#CCC)cc1CC.C=C(NC)[C@@](CC)(NCC)c1ccc(F)cc1.CC. The van der Waals surface area contributed by atoms with E-state index in [1.165, 1.54) is 28.8 Å². The monoisotopic (exact) mass is 492 g/mol. The lowest BCUT2D eigenvalue weighted by molar-refractivity contribution is 0.372.